The van der Waals surface area contributed by atoms with Crippen molar-refractivity contribution in [2.75, 3.05) is 31.0 Å². The summed E-state index contributed by atoms with van der Waals surface area (Å²) < 4.78 is 24.9. The topological polar surface area (TPSA) is 78.3 Å². The first-order valence-electron chi connectivity index (χ1n) is 7.66. The number of carbonyl (C=O) groups is 1. The van der Waals surface area contributed by atoms with Crippen LogP contribution in [-0.4, -0.2) is 45.1 Å². The fourth-order valence-corrected chi connectivity index (χ4v) is 2.64. The van der Waals surface area contributed by atoms with E-state index in [-0.39, 0.29) is 10.8 Å². The van der Waals surface area contributed by atoms with Crippen LogP contribution in [-0.2, 0) is 9.84 Å². The van der Waals surface area contributed by atoms with Crippen molar-refractivity contribution in [3.05, 3.63) is 54.1 Å². The third-order valence-corrected chi connectivity index (χ3v) is 4.81. The van der Waals surface area contributed by atoms with Crippen LogP contribution in [0.3, 0.4) is 0 Å². The molecule has 0 aromatic heterocycles. The van der Waals surface area contributed by atoms with Gasteiger partial charge in [0, 0.05) is 24.4 Å². The maximum Gasteiger partial charge on any atom is 0.255 e. The van der Waals surface area contributed by atoms with Crippen LogP contribution < -0.4 is 10.6 Å². The van der Waals surface area contributed by atoms with Gasteiger partial charge < -0.3 is 5.32 Å². The first-order valence-corrected chi connectivity index (χ1v) is 9.55. The summed E-state index contributed by atoms with van der Waals surface area (Å²) in [5, 5.41) is 6.03. The highest BCUT2D eigenvalue weighted by atomic mass is 32.2. The van der Waals surface area contributed by atoms with Crippen molar-refractivity contribution >= 4 is 33.0 Å². The third-order valence-electron chi connectivity index (χ3n) is 3.68. The lowest BCUT2D eigenvalue weighted by Crippen LogP contribution is -2.18. The number of benzene rings is 2. The fourth-order valence-electron chi connectivity index (χ4n) is 2.01. The Balaban J connectivity index is 2.07. The molecule has 0 saturated heterocycles. The van der Waals surface area contributed by atoms with Crippen LogP contribution in [0.2, 0.25) is 0 Å². The summed E-state index contributed by atoms with van der Waals surface area (Å²) in [5.41, 5.74) is 1.97. The summed E-state index contributed by atoms with van der Waals surface area (Å²) in [6, 6.07) is 13.2. The monoisotopic (exact) mass is 360 g/mol. The van der Waals surface area contributed by atoms with Crippen molar-refractivity contribution < 1.29 is 17.8 Å². The first-order chi connectivity index (χ1) is 11.7. The molecule has 0 heterocycles. The molecule has 6 nitrogen and oxygen atoms in total. The van der Waals surface area contributed by atoms with E-state index in [9.17, 15) is 13.2 Å². The lowest BCUT2D eigenvalue weighted by molar-refractivity contribution is -0.464. The molecule has 0 aliphatic rings. The molecule has 0 bridgehead atoms. The molecule has 0 unspecified atom stereocenters. The zero-order valence-corrected chi connectivity index (χ0v) is 15.5. The quantitative estimate of drug-likeness (QED) is 0.499. The maximum atomic E-state index is 12.2. The highest BCUT2D eigenvalue weighted by Crippen LogP contribution is 2.16. The largest absolute Gasteiger partial charge is 0.322 e. The summed E-state index contributed by atoms with van der Waals surface area (Å²) in [7, 11) is 0.632. The van der Waals surface area contributed by atoms with E-state index in [0.717, 1.165) is 17.8 Å². The molecule has 132 valence electrons. The minimum atomic E-state index is -3.27. The number of nitrogens with one attached hydrogen (secondary N) is 2. The summed E-state index contributed by atoms with van der Waals surface area (Å²) in [5.74, 6) is 0.708. The second-order valence-corrected chi connectivity index (χ2v) is 7.95. The van der Waals surface area contributed by atoms with E-state index >= 15 is 0 Å². The number of sulfone groups is 1. The highest BCUT2D eigenvalue weighted by molar-refractivity contribution is 7.90. The molecule has 2 aromatic carbocycles. The molecule has 0 saturated carbocycles. The number of rotatable bonds is 4. The van der Waals surface area contributed by atoms with Crippen LogP contribution in [0.25, 0.3) is 0 Å². The van der Waals surface area contributed by atoms with Gasteiger partial charge in [-0.2, -0.15) is 0 Å². The van der Waals surface area contributed by atoms with Crippen LogP contribution in [0.4, 0.5) is 11.4 Å². The minimum Gasteiger partial charge on any atom is -0.322 e. The molecule has 25 heavy (non-hydrogen) atoms. The Morgan fingerprint density at radius 1 is 0.880 bits per heavy atom. The molecule has 0 aliphatic heterocycles. The van der Waals surface area contributed by atoms with Crippen LogP contribution in [0, 0.1) is 0 Å². The second kappa shape index (κ2) is 7.48. The molecule has 2 rings (SSSR count). The third kappa shape index (κ3) is 5.15. The number of hydrogen-bond donors (Lipinski definition) is 2. The predicted octanol–water partition coefficient (Wildman–Crippen LogP) is 2.44. The van der Waals surface area contributed by atoms with Crippen molar-refractivity contribution in [2.45, 2.75) is 11.8 Å². The van der Waals surface area contributed by atoms with Crippen LogP contribution in [0.15, 0.2) is 53.4 Å². The van der Waals surface area contributed by atoms with Gasteiger partial charge in [-0.25, -0.2) is 13.7 Å². The van der Waals surface area contributed by atoms with Crippen molar-refractivity contribution in [3.63, 3.8) is 0 Å². The van der Waals surface area contributed by atoms with Gasteiger partial charge in [-0.05, 0) is 48.5 Å². The smallest absolute Gasteiger partial charge is 0.255 e. The molecule has 0 spiro atoms. The summed E-state index contributed by atoms with van der Waals surface area (Å²) in [6.45, 7) is 1.97. The van der Waals surface area contributed by atoms with Gasteiger partial charge in [0.05, 0.1) is 19.0 Å². The standard InChI is InChI=1S/C18H21N3O3S/c1-13(21(2)3)19-15-7-9-16(10-8-15)20-18(22)14-5-11-17(12-6-14)25(4,23)24/h5-12H,1-4H3,(H,20,22)/p+1. The number of hydrogen-bond acceptors (Lipinski definition) is 3. The summed E-state index contributed by atoms with van der Waals surface area (Å²) >= 11 is 0. The molecule has 2 N–H and O–H groups in total. The zero-order chi connectivity index (χ0) is 18.6. The molecule has 0 aliphatic carbocycles. The number of amides is 1. The van der Waals surface area contributed by atoms with E-state index in [2.05, 4.69) is 10.6 Å². The van der Waals surface area contributed by atoms with Gasteiger partial charge in [0.25, 0.3) is 5.91 Å². The fraction of sp³-hybridized carbons (Fsp3) is 0.222. The summed E-state index contributed by atoms with van der Waals surface area (Å²) in [4.78, 5) is 12.4. The Morgan fingerprint density at radius 2 is 1.36 bits per heavy atom. The van der Waals surface area contributed by atoms with Crippen molar-refractivity contribution in [3.8, 4) is 0 Å². The van der Waals surface area contributed by atoms with E-state index in [4.69, 9.17) is 0 Å². The van der Waals surface area contributed by atoms with Crippen molar-refractivity contribution in [2.24, 2.45) is 0 Å². The molecule has 0 radical (unpaired) electrons. The first kappa shape index (κ1) is 18.7. The molecule has 0 fully saturated rings. The molecule has 2 aromatic rings. The molecule has 0 atom stereocenters. The number of nitrogens with zero attached hydrogens (tertiary/aromatic N) is 1. The predicted molar refractivity (Wildman–Crippen MR) is 100 cm³/mol. The van der Waals surface area contributed by atoms with Gasteiger partial charge in [-0.3, -0.25) is 9.37 Å². The van der Waals surface area contributed by atoms with Gasteiger partial charge in [-0.15, -0.1) is 0 Å². The van der Waals surface area contributed by atoms with E-state index in [1.54, 1.807) is 12.1 Å². The van der Waals surface area contributed by atoms with Gasteiger partial charge in [0.2, 0.25) is 5.84 Å². The second-order valence-electron chi connectivity index (χ2n) is 5.93. The van der Waals surface area contributed by atoms with E-state index in [1.807, 2.05) is 37.7 Å². The average Bonchev–Trinajstić information content (AvgIpc) is 2.55. The SMILES string of the molecule is CC(Nc1ccc(NC(=O)c2ccc(S(C)(=O)=O)cc2)cc1)=[N+](C)C. The Morgan fingerprint density at radius 3 is 1.80 bits per heavy atom. The van der Waals surface area contributed by atoms with E-state index < -0.39 is 9.84 Å². The molecule has 7 heteroatoms. The lowest BCUT2D eigenvalue weighted by Gasteiger charge is -2.07. The van der Waals surface area contributed by atoms with Crippen molar-refractivity contribution in [1.82, 2.24) is 0 Å². The van der Waals surface area contributed by atoms with Crippen LogP contribution in [0.5, 0.6) is 0 Å². The number of amidine groups is 1. The Labute approximate surface area is 148 Å². The van der Waals surface area contributed by atoms with E-state index in [1.165, 1.54) is 24.3 Å². The molecule has 1 amide bonds. The van der Waals surface area contributed by atoms with Crippen LogP contribution in [0.1, 0.15) is 17.3 Å². The van der Waals surface area contributed by atoms with E-state index in [0.29, 0.717) is 11.3 Å². The highest BCUT2D eigenvalue weighted by Gasteiger charge is 2.10. The lowest BCUT2D eigenvalue weighted by atomic mass is 10.2. The maximum absolute atomic E-state index is 12.2. The van der Waals surface area contributed by atoms with Gasteiger partial charge >= 0.3 is 0 Å². The Bertz CT molecular complexity index is 896. The van der Waals surface area contributed by atoms with Crippen molar-refractivity contribution in [1.29, 1.82) is 0 Å². The van der Waals surface area contributed by atoms with Gasteiger partial charge in [0.1, 0.15) is 5.69 Å². The normalized spacial score (nSPS) is 10.9. The molecular weight excluding hydrogens is 338 g/mol. The zero-order valence-electron chi connectivity index (χ0n) is 14.7. The Hall–Kier alpha value is -2.67. The minimum absolute atomic E-state index is 0.187. The van der Waals surface area contributed by atoms with Gasteiger partial charge in [0.15, 0.2) is 9.84 Å². The summed E-state index contributed by atoms with van der Waals surface area (Å²) in [6.07, 6.45) is 1.13. The van der Waals surface area contributed by atoms with Crippen LogP contribution >= 0.6 is 0 Å². The van der Waals surface area contributed by atoms with Gasteiger partial charge in [-0.1, -0.05) is 0 Å². The number of carbonyl (C=O) groups excluding carboxylic acids is 1. The molecular formula is C18H22N3O3S+. The average molecular weight is 360 g/mol. The number of anilines is 2. The Kier molecular flexibility index (Phi) is 5.58.